The molecule has 0 bridgehead atoms. The molecule has 1 aliphatic rings. The van der Waals surface area contributed by atoms with E-state index in [0.717, 1.165) is 47.9 Å². The fourth-order valence-corrected chi connectivity index (χ4v) is 3.53. The van der Waals surface area contributed by atoms with Gasteiger partial charge in [0.25, 0.3) is 0 Å². The fourth-order valence-electron chi connectivity index (χ4n) is 3.53. The van der Waals surface area contributed by atoms with Crippen molar-refractivity contribution >= 4 is 11.5 Å². The summed E-state index contributed by atoms with van der Waals surface area (Å²) in [5.41, 5.74) is 4.05. The minimum Gasteiger partial charge on any atom is -0.496 e. The van der Waals surface area contributed by atoms with E-state index in [0.29, 0.717) is 17.5 Å². The van der Waals surface area contributed by atoms with Crippen LogP contribution in [-0.4, -0.2) is 56.0 Å². The van der Waals surface area contributed by atoms with Crippen molar-refractivity contribution < 1.29 is 4.74 Å². The normalized spacial score (nSPS) is 16.5. The number of ether oxygens (including phenoxy) is 1. The van der Waals surface area contributed by atoms with Crippen molar-refractivity contribution in [3.05, 3.63) is 42.9 Å². The average Bonchev–Trinajstić information content (AvgIpc) is 3.48. The number of pyridine rings is 2. The SMILES string of the molecule is COc1cc2ncc(-c3cccc(NC4CCNC4)n3)n2cc1-c1cn[nH]n1. The zero-order valence-corrected chi connectivity index (χ0v) is 15.4. The molecule has 0 aromatic carbocycles. The monoisotopic (exact) mass is 376 g/mol. The van der Waals surface area contributed by atoms with Gasteiger partial charge in [-0.1, -0.05) is 6.07 Å². The number of hydrogen-bond acceptors (Lipinski definition) is 7. The maximum Gasteiger partial charge on any atom is 0.140 e. The molecule has 1 aliphatic heterocycles. The first-order chi connectivity index (χ1) is 13.8. The second-order valence-corrected chi connectivity index (χ2v) is 6.72. The van der Waals surface area contributed by atoms with E-state index in [-0.39, 0.29) is 0 Å². The number of rotatable bonds is 5. The van der Waals surface area contributed by atoms with Gasteiger partial charge in [0.1, 0.15) is 22.9 Å². The van der Waals surface area contributed by atoms with Crippen molar-refractivity contribution in [3.8, 4) is 28.4 Å². The lowest BCUT2D eigenvalue weighted by atomic mass is 10.2. The summed E-state index contributed by atoms with van der Waals surface area (Å²) in [4.78, 5) is 9.33. The summed E-state index contributed by atoms with van der Waals surface area (Å²) < 4.78 is 7.51. The van der Waals surface area contributed by atoms with Gasteiger partial charge in [-0.2, -0.15) is 15.4 Å². The largest absolute Gasteiger partial charge is 0.496 e. The summed E-state index contributed by atoms with van der Waals surface area (Å²) in [6, 6.07) is 8.29. The van der Waals surface area contributed by atoms with E-state index in [9.17, 15) is 0 Å². The Bertz CT molecular complexity index is 1100. The summed E-state index contributed by atoms with van der Waals surface area (Å²) in [6.07, 6.45) is 6.54. The third-order valence-corrected chi connectivity index (χ3v) is 4.94. The number of nitrogens with one attached hydrogen (secondary N) is 3. The first-order valence-electron chi connectivity index (χ1n) is 9.18. The van der Waals surface area contributed by atoms with Gasteiger partial charge in [-0.25, -0.2) is 9.97 Å². The highest BCUT2D eigenvalue weighted by molar-refractivity contribution is 5.72. The van der Waals surface area contributed by atoms with E-state index >= 15 is 0 Å². The molecule has 1 atom stereocenters. The molecule has 0 amide bonds. The van der Waals surface area contributed by atoms with Crippen LogP contribution in [0.2, 0.25) is 0 Å². The van der Waals surface area contributed by atoms with Crippen LogP contribution in [0.3, 0.4) is 0 Å². The topological polar surface area (TPSA) is 105 Å². The van der Waals surface area contributed by atoms with E-state index in [1.807, 2.05) is 41.1 Å². The predicted molar refractivity (Wildman–Crippen MR) is 105 cm³/mol. The predicted octanol–water partition coefficient (Wildman–Crippen LogP) is 1.96. The van der Waals surface area contributed by atoms with E-state index in [1.165, 1.54) is 0 Å². The molecular weight excluding hydrogens is 356 g/mol. The van der Waals surface area contributed by atoms with Gasteiger partial charge in [-0.15, -0.1) is 0 Å². The van der Waals surface area contributed by atoms with Crippen LogP contribution in [0.5, 0.6) is 5.75 Å². The van der Waals surface area contributed by atoms with E-state index in [1.54, 1.807) is 13.3 Å². The van der Waals surface area contributed by atoms with E-state index < -0.39 is 0 Å². The molecule has 9 nitrogen and oxygen atoms in total. The molecule has 0 spiro atoms. The van der Waals surface area contributed by atoms with Crippen molar-refractivity contribution in [3.63, 3.8) is 0 Å². The van der Waals surface area contributed by atoms with Crippen LogP contribution in [0.1, 0.15) is 6.42 Å². The smallest absolute Gasteiger partial charge is 0.140 e. The molecule has 28 heavy (non-hydrogen) atoms. The molecule has 0 aliphatic carbocycles. The highest BCUT2D eigenvalue weighted by Crippen LogP contribution is 2.31. The molecule has 4 aromatic heterocycles. The Hall–Kier alpha value is -3.46. The Labute approximate surface area is 161 Å². The molecular formula is C19H20N8O. The molecule has 142 valence electrons. The van der Waals surface area contributed by atoms with Crippen LogP contribution in [0.15, 0.2) is 42.9 Å². The molecule has 4 aromatic rings. The minimum absolute atomic E-state index is 0.410. The molecule has 1 fully saturated rings. The third kappa shape index (κ3) is 2.95. The number of aromatic nitrogens is 6. The second-order valence-electron chi connectivity index (χ2n) is 6.72. The van der Waals surface area contributed by atoms with E-state index in [4.69, 9.17) is 9.72 Å². The van der Waals surface area contributed by atoms with Crippen LogP contribution >= 0.6 is 0 Å². The van der Waals surface area contributed by atoms with Gasteiger partial charge in [-0.3, -0.25) is 4.40 Å². The summed E-state index contributed by atoms with van der Waals surface area (Å²) >= 11 is 0. The summed E-state index contributed by atoms with van der Waals surface area (Å²) in [5.74, 6) is 1.56. The fraction of sp³-hybridized carbons (Fsp3) is 0.263. The zero-order chi connectivity index (χ0) is 18.9. The quantitative estimate of drug-likeness (QED) is 0.489. The lowest BCUT2D eigenvalue weighted by Gasteiger charge is -2.13. The molecule has 3 N–H and O–H groups in total. The first kappa shape index (κ1) is 16.7. The zero-order valence-electron chi connectivity index (χ0n) is 15.4. The number of H-pyrrole nitrogens is 1. The number of imidazole rings is 1. The van der Waals surface area contributed by atoms with Crippen LogP contribution in [0.4, 0.5) is 5.82 Å². The van der Waals surface area contributed by atoms with Crippen LogP contribution < -0.4 is 15.4 Å². The summed E-state index contributed by atoms with van der Waals surface area (Å²) in [7, 11) is 1.63. The van der Waals surface area contributed by atoms with Crippen LogP contribution in [-0.2, 0) is 0 Å². The minimum atomic E-state index is 0.410. The van der Waals surface area contributed by atoms with Gasteiger partial charge in [-0.05, 0) is 25.1 Å². The first-order valence-corrected chi connectivity index (χ1v) is 9.18. The van der Waals surface area contributed by atoms with Crippen molar-refractivity contribution in [2.75, 3.05) is 25.5 Å². The molecule has 9 heteroatoms. The lowest BCUT2D eigenvalue weighted by Crippen LogP contribution is -2.22. The Kier molecular flexibility index (Phi) is 4.13. The number of fused-ring (bicyclic) bond motifs is 1. The van der Waals surface area contributed by atoms with Crippen molar-refractivity contribution in [2.45, 2.75) is 12.5 Å². The van der Waals surface area contributed by atoms with Crippen molar-refractivity contribution in [1.29, 1.82) is 0 Å². The van der Waals surface area contributed by atoms with Gasteiger partial charge in [0.05, 0.1) is 36.5 Å². The standard InChI is InChI=1S/C19H20N8O/c1-28-17-7-19-21-10-16(27(19)11-13(17)15-9-22-26-25-15)14-3-2-4-18(24-14)23-12-5-6-20-8-12/h2-4,7,9-12,20H,5-6,8H2,1H3,(H,23,24)(H,22,25,26). The van der Waals surface area contributed by atoms with Gasteiger partial charge in [0, 0.05) is 24.8 Å². The lowest BCUT2D eigenvalue weighted by molar-refractivity contribution is 0.416. The molecule has 1 saturated heterocycles. The highest BCUT2D eigenvalue weighted by Gasteiger charge is 2.17. The number of anilines is 1. The Balaban J connectivity index is 1.57. The number of hydrogen-bond donors (Lipinski definition) is 3. The average molecular weight is 376 g/mol. The van der Waals surface area contributed by atoms with Gasteiger partial charge < -0.3 is 15.4 Å². The van der Waals surface area contributed by atoms with Gasteiger partial charge in [0.2, 0.25) is 0 Å². The Morgan fingerprint density at radius 3 is 3.00 bits per heavy atom. The maximum atomic E-state index is 5.52. The van der Waals surface area contributed by atoms with Crippen molar-refractivity contribution in [2.24, 2.45) is 0 Å². The number of aromatic amines is 1. The number of methoxy groups -OCH3 is 1. The molecule has 0 radical (unpaired) electrons. The Morgan fingerprint density at radius 2 is 2.21 bits per heavy atom. The molecule has 5 rings (SSSR count). The second kappa shape index (κ2) is 6.93. The molecule has 5 heterocycles. The molecule has 1 unspecified atom stereocenters. The van der Waals surface area contributed by atoms with Crippen LogP contribution in [0, 0.1) is 0 Å². The van der Waals surface area contributed by atoms with Crippen molar-refractivity contribution in [1.82, 2.24) is 35.1 Å². The maximum absolute atomic E-state index is 5.52. The van der Waals surface area contributed by atoms with Gasteiger partial charge >= 0.3 is 0 Å². The third-order valence-electron chi connectivity index (χ3n) is 4.94. The summed E-state index contributed by atoms with van der Waals surface area (Å²) in [5, 5.41) is 17.6. The highest BCUT2D eigenvalue weighted by atomic mass is 16.5. The summed E-state index contributed by atoms with van der Waals surface area (Å²) in [6.45, 7) is 2.00. The van der Waals surface area contributed by atoms with E-state index in [2.05, 4.69) is 31.0 Å². The Morgan fingerprint density at radius 1 is 1.25 bits per heavy atom. The number of nitrogens with zero attached hydrogens (tertiary/aromatic N) is 5. The molecule has 0 saturated carbocycles. The van der Waals surface area contributed by atoms with Crippen LogP contribution in [0.25, 0.3) is 28.3 Å². The van der Waals surface area contributed by atoms with Gasteiger partial charge in [0.15, 0.2) is 0 Å².